The predicted octanol–water partition coefficient (Wildman–Crippen LogP) is 3.77. The first-order valence-corrected chi connectivity index (χ1v) is 12.0. The van der Waals surface area contributed by atoms with Gasteiger partial charge in [-0.15, -0.1) is 0 Å². The number of nitrogens with one attached hydrogen (secondary N) is 1. The molecule has 2 amide bonds. The molecule has 182 valence electrons. The first-order chi connectivity index (χ1) is 17.0. The minimum atomic E-state index is -0.284. The Hall–Kier alpha value is -3.52. The van der Waals surface area contributed by atoms with Crippen LogP contribution in [-0.4, -0.2) is 39.4 Å². The monoisotopic (exact) mass is 476 g/mol. The second-order valence-corrected chi connectivity index (χ2v) is 9.32. The highest BCUT2D eigenvalue weighted by molar-refractivity contribution is 5.93. The van der Waals surface area contributed by atoms with Crippen molar-refractivity contribution < 1.29 is 18.7 Å². The number of imidazole rings is 1. The van der Waals surface area contributed by atoms with Gasteiger partial charge in [0.25, 0.3) is 5.91 Å². The Morgan fingerprint density at radius 3 is 2.66 bits per heavy atom. The summed E-state index contributed by atoms with van der Waals surface area (Å²) in [4.78, 5) is 32.0. The molecular weight excluding hydrogens is 447 g/mol. The summed E-state index contributed by atoms with van der Waals surface area (Å²) in [7, 11) is 0. The number of likely N-dealkylation sites (tertiary alicyclic amines) is 1. The second-order valence-electron chi connectivity index (χ2n) is 9.32. The van der Waals surface area contributed by atoms with Crippen molar-refractivity contribution in [3.05, 3.63) is 88.8 Å². The van der Waals surface area contributed by atoms with E-state index in [0.29, 0.717) is 44.7 Å². The van der Waals surface area contributed by atoms with Crippen molar-refractivity contribution in [3.63, 3.8) is 0 Å². The van der Waals surface area contributed by atoms with Crippen LogP contribution in [0.1, 0.15) is 51.8 Å². The molecule has 0 bridgehead atoms. The summed E-state index contributed by atoms with van der Waals surface area (Å²) < 4.78 is 21.2. The number of hydrogen-bond donors (Lipinski definition) is 1. The van der Waals surface area contributed by atoms with E-state index >= 15 is 0 Å². The molecule has 1 unspecified atom stereocenters. The van der Waals surface area contributed by atoms with Crippen LogP contribution < -0.4 is 5.32 Å². The number of piperidine rings is 1. The molecule has 35 heavy (non-hydrogen) atoms. The van der Waals surface area contributed by atoms with Crippen LogP contribution in [0.3, 0.4) is 0 Å². The van der Waals surface area contributed by atoms with Crippen molar-refractivity contribution in [1.29, 1.82) is 0 Å². The van der Waals surface area contributed by atoms with Gasteiger partial charge < -0.3 is 19.5 Å². The van der Waals surface area contributed by atoms with Gasteiger partial charge >= 0.3 is 0 Å². The molecule has 0 radical (unpaired) electrons. The number of fused-ring (bicyclic) bond motifs is 1. The summed E-state index contributed by atoms with van der Waals surface area (Å²) in [5.74, 6) is -0.465. The second kappa shape index (κ2) is 10.00. The summed E-state index contributed by atoms with van der Waals surface area (Å²) in [6.07, 6.45) is 2.72. The lowest BCUT2D eigenvalue weighted by Crippen LogP contribution is -2.43. The summed E-state index contributed by atoms with van der Waals surface area (Å²) in [5, 5.41) is 3.03. The topological polar surface area (TPSA) is 76.5 Å². The highest BCUT2D eigenvalue weighted by Gasteiger charge is 2.32. The van der Waals surface area contributed by atoms with Crippen molar-refractivity contribution in [2.45, 2.75) is 45.6 Å². The maximum absolute atomic E-state index is 13.2. The van der Waals surface area contributed by atoms with Gasteiger partial charge in [0.05, 0.1) is 25.2 Å². The molecule has 1 aromatic heterocycles. The third-order valence-electron chi connectivity index (χ3n) is 6.88. The molecule has 7 nitrogen and oxygen atoms in total. The minimum absolute atomic E-state index is 0.0400. The molecule has 0 spiro atoms. The molecule has 3 aromatic rings. The summed E-state index contributed by atoms with van der Waals surface area (Å²) in [6, 6.07) is 14.4. The van der Waals surface area contributed by atoms with Crippen molar-refractivity contribution in [1.82, 2.24) is 19.8 Å². The summed E-state index contributed by atoms with van der Waals surface area (Å²) in [5.41, 5.74) is 4.30. The van der Waals surface area contributed by atoms with Crippen molar-refractivity contribution in [2.75, 3.05) is 13.1 Å². The normalized spacial score (nSPS) is 18.2. The lowest BCUT2D eigenvalue weighted by molar-refractivity contribution is -0.126. The molecular formula is C27H29FN4O3. The fourth-order valence-electron chi connectivity index (χ4n) is 4.84. The predicted molar refractivity (Wildman–Crippen MR) is 128 cm³/mol. The zero-order chi connectivity index (χ0) is 24.4. The van der Waals surface area contributed by atoms with Crippen LogP contribution in [0.5, 0.6) is 0 Å². The number of nitrogens with zero attached hydrogens (tertiary/aromatic N) is 3. The van der Waals surface area contributed by atoms with Crippen molar-refractivity contribution in [2.24, 2.45) is 5.92 Å². The quantitative estimate of drug-likeness (QED) is 0.608. The van der Waals surface area contributed by atoms with Gasteiger partial charge in [0.1, 0.15) is 11.9 Å². The Labute approximate surface area is 203 Å². The Balaban J connectivity index is 1.15. The third kappa shape index (κ3) is 5.12. The molecule has 1 fully saturated rings. The Morgan fingerprint density at radius 1 is 1.14 bits per heavy atom. The first-order valence-electron chi connectivity index (χ1n) is 12.0. The molecule has 1 saturated heterocycles. The van der Waals surface area contributed by atoms with Gasteiger partial charge in [-0.3, -0.25) is 9.59 Å². The lowest BCUT2D eigenvalue weighted by atomic mass is 9.95. The highest BCUT2D eigenvalue weighted by atomic mass is 19.1. The van der Waals surface area contributed by atoms with E-state index in [4.69, 9.17) is 4.74 Å². The number of carbonyl (C=O) groups excluding carboxylic acids is 2. The van der Waals surface area contributed by atoms with Gasteiger partial charge in [0.15, 0.2) is 5.69 Å². The summed E-state index contributed by atoms with van der Waals surface area (Å²) in [6.45, 7) is 4.37. The first kappa shape index (κ1) is 23.2. The molecule has 2 aromatic carbocycles. The molecule has 1 N–H and O–H groups in total. The van der Waals surface area contributed by atoms with E-state index in [1.165, 1.54) is 17.7 Å². The van der Waals surface area contributed by atoms with Crippen LogP contribution in [0.4, 0.5) is 4.39 Å². The van der Waals surface area contributed by atoms with E-state index in [1.54, 1.807) is 23.4 Å². The Morgan fingerprint density at radius 2 is 1.91 bits per heavy atom. The fraction of sp³-hybridized carbons (Fsp3) is 0.370. The summed E-state index contributed by atoms with van der Waals surface area (Å²) >= 11 is 0. The van der Waals surface area contributed by atoms with Gasteiger partial charge in [-0.1, -0.05) is 42.0 Å². The van der Waals surface area contributed by atoms with Crippen molar-refractivity contribution in [3.8, 4) is 0 Å². The van der Waals surface area contributed by atoms with Crippen molar-refractivity contribution >= 4 is 11.8 Å². The van der Waals surface area contributed by atoms with Crippen LogP contribution in [-0.2, 0) is 29.2 Å². The van der Waals surface area contributed by atoms with E-state index in [-0.39, 0.29) is 36.3 Å². The smallest absolute Gasteiger partial charge is 0.274 e. The molecule has 3 heterocycles. The minimum Gasteiger partial charge on any atom is -0.365 e. The Kier molecular flexibility index (Phi) is 6.63. The fourth-order valence-corrected chi connectivity index (χ4v) is 4.84. The molecule has 0 saturated carbocycles. The number of aromatic nitrogens is 2. The molecule has 2 aliphatic rings. The van der Waals surface area contributed by atoms with Gasteiger partial charge in [0, 0.05) is 25.6 Å². The zero-order valence-corrected chi connectivity index (χ0v) is 19.7. The number of aryl methyl sites for hydroxylation is 1. The Bertz CT molecular complexity index is 1220. The van der Waals surface area contributed by atoms with Crippen LogP contribution in [0.2, 0.25) is 0 Å². The zero-order valence-electron chi connectivity index (χ0n) is 19.7. The van der Waals surface area contributed by atoms with Gasteiger partial charge in [-0.05, 0) is 43.0 Å². The van der Waals surface area contributed by atoms with Gasteiger partial charge in [0.2, 0.25) is 5.91 Å². The number of ether oxygens (including phenoxy) is 1. The number of rotatable bonds is 5. The van der Waals surface area contributed by atoms with E-state index in [0.717, 1.165) is 16.8 Å². The van der Waals surface area contributed by atoms with Crippen LogP contribution in [0.15, 0.2) is 54.9 Å². The SMILES string of the molecule is Cc1cccc(CNC(=O)C2CCN(C(=O)c3ncn4c3COC(c3ccc(F)cc3)C4)CC2)c1. The molecule has 1 atom stereocenters. The number of benzene rings is 2. The molecule has 0 aliphatic carbocycles. The van der Waals surface area contributed by atoms with Gasteiger partial charge in [-0.2, -0.15) is 0 Å². The maximum atomic E-state index is 13.2. The average Bonchev–Trinajstić information content (AvgIpc) is 3.31. The van der Waals surface area contributed by atoms with Crippen LogP contribution in [0.25, 0.3) is 0 Å². The number of amides is 2. The number of hydrogen-bond acceptors (Lipinski definition) is 4. The molecule has 5 rings (SSSR count). The average molecular weight is 477 g/mol. The highest BCUT2D eigenvalue weighted by Crippen LogP contribution is 2.29. The maximum Gasteiger partial charge on any atom is 0.274 e. The van der Waals surface area contributed by atoms with Crippen LogP contribution >= 0.6 is 0 Å². The van der Waals surface area contributed by atoms with E-state index in [2.05, 4.69) is 16.4 Å². The number of halogens is 1. The molecule has 2 aliphatic heterocycles. The van der Waals surface area contributed by atoms with E-state index in [1.807, 2.05) is 29.7 Å². The molecule has 8 heteroatoms. The standard InChI is InChI=1S/C27H29FN4O3/c1-18-3-2-4-19(13-18)14-29-26(33)21-9-11-31(12-10-21)27(34)25-23-16-35-24(15-32(23)17-30-25)20-5-7-22(28)8-6-20/h2-8,13,17,21,24H,9-12,14-16H2,1H3,(H,29,33). The third-order valence-corrected chi connectivity index (χ3v) is 6.88. The van der Waals surface area contributed by atoms with E-state index < -0.39 is 0 Å². The largest absolute Gasteiger partial charge is 0.365 e. The van der Waals surface area contributed by atoms with Gasteiger partial charge in [-0.25, -0.2) is 9.37 Å². The number of carbonyl (C=O) groups is 2. The lowest BCUT2D eigenvalue weighted by Gasteiger charge is -2.31. The van der Waals surface area contributed by atoms with Crippen LogP contribution in [0, 0.1) is 18.7 Å². The van der Waals surface area contributed by atoms with E-state index in [9.17, 15) is 14.0 Å².